The lowest BCUT2D eigenvalue weighted by Gasteiger charge is -2.15. The van der Waals surface area contributed by atoms with Gasteiger partial charge in [0.2, 0.25) is 0 Å². The zero-order chi connectivity index (χ0) is 17.0. The Kier molecular flexibility index (Phi) is 5.57. The van der Waals surface area contributed by atoms with Crippen LogP contribution < -0.4 is 10.1 Å². The number of ether oxygens (including phenoxy) is 1. The molecule has 23 heavy (non-hydrogen) atoms. The molecule has 2 rings (SSSR count). The molecule has 8 heteroatoms. The molecule has 0 spiro atoms. The number of rotatable bonds is 5. The molecule has 1 atom stereocenters. The predicted octanol–water partition coefficient (Wildman–Crippen LogP) is 4.42. The highest BCUT2D eigenvalue weighted by Gasteiger charge is 2.16. The fourth-order valence-corrected chi connectivity index (χ4v) is 2.50. The smallest absolute Gasteiger partial charge is 0.269 e. The van der Waals surface area contributed by atoms with Crippen molar-refractivity contribution in [3.05, 3.63) is 62.1 Å². The van der Waals surface area contributed by atoms with Crippen LogP contribution in [0.4, 0.5) is 11.4 Å². The van der Waals surface area contributed by atoms with Gasteiger partial charge in [0.25, 0.3) is 11.6 Å². The third-order valence-corrected chi connectivity index (χ3v) is 3.77. The van der Waals surface area contributed by atoms with E-state index < -0.39 is 11.0 Å². The Morgan fingerprint density at radius 2 is 1.96 bits per heavy atom. The molecular weight excluding hydrogens is 388 g/mol. The van der Waals surface area contributed by atoms with Gasteiger partial charge in [0.05, 0.1) is 9.40 Å². The number of nitrogens with zero attached hydrogens (tertiary/aromatic N) is 1. The monoisotopic (exact) mass is 398 g/mol. The van der Waals surface area contributed by atoms with E-state index >= 15 is 0 Å². The first-order valence-electron chi connectivity index (χ1n) is 6.54. The van der Waals surface area contributed by atoms with Gasteiger partial charge in [-0.05, 0) is 53.2 Å². The number of benzene rings is 2. The molecule has 0 saturated carbocycles. The van der Waals surface area contributed by atoms with Crippen molar-refractivity contribution in [1.29, 1.82) is 0 Å². The number of nitro benzene ring substituents is 1. The normalized spacial score (nSPS) is 11.6. The number of halogens is 2. The lowest BCUT2D eigenvalue weighted by atomic mass is 10.2. The highest BCUT2D eigenvalue weighted by atomic mass is 79.9. The van der Waals surface area contributed by atoms with E-state index in [1.54, 1.807) is 25.1 Å². The summed E-state index contributed by atoms with van der Waals surface area (Å²) in [6.45, 7) is 1.60. The standard InChI is InChI=1S/C15H12BrClN2O4/c1-9(23-14-7-2-10(17)8-13(14)16)15(20)18-11-3-5-12(6-4-11)19(21)22/h2-9H,1H3,(H,18,20). The van der Waals surface area contributed by atoms with E-state index in [-0.39, 0.29) is 11.6 Å². The first-order valence-corrected chi connectivity index (χ1v) is 7.71. The highest BCUT2D eigenvalue weighted by molar-refractivity contribution is 9.10. The average Bonchev–Trinajstić information content (AvgIpc) is 2.50. The molecule has 120 valence electrons. The van der Waals surface area contributed by atoms with Crippen molar-refractivity contribution in [2.45, 2.75) is 13.0 Å². The van der Waals surface area contributed by atoms with E-state index in [0.717, 1.165) is 0 Å². The van der Waals surface area contributed by atoms with Gasteiger partial charge in [0.15, 0.2) is 6.10 Å². The Bertz CT molecular complexity index is 737. The van der Waals surface area contributed by atoms with E-state index in [9.17, 15) is 14.9 Å². The van der Waals surface area contributed by atoms with Crippen LogP contribution in [0.1, 0.15) is 6.92 Å². The maximum absolute atomic E-state index is 12.1. The summed E-state index contributed by atoms with van der Waals surface area (Å²) in [5, 5.41) is 13.8. The third-order valence-electron chi connectivity index (χ3n) is 2.91. The molecule has 0 heterocycles. The van der Waals surface area contributed by atoms with Crippen molar-refractivity contribution in [3.63, 3.8) is 0 Å². The van der Waals surface area contributed by atoms with Crippen molar-refractivity contribution in [3.8, 4) is 5.75 Å². The molecule has 1 amide bonds. The third kappa shape index (κ3) is 4.67. The minimum Gasteiger partial charge on any atom is -0.480 e. The van der Waals surface area contributed by atoms with E-state index in [0.29, 0.717) is 20.9 Å². The van der Waals surface area contributed by atoms with Crippen LogP contribution in [-0.4, -0.2) is 16.9 Å². The van der Waals surface area contributed by atoms with Crippen LogP contribution in [0.5, 0.6) is 5.75 Å². The van der Waals surface area contributed by atoms with Crippen molar-refractivity contribution in [2.24, 2.45) is 0 Å². The summed E-state index contributed by atoms with van der Waals surface area (Å²) in [6, 6.07) is 10.5. The summed E-state index contributed by atoms with van der Waals surface area (Å²) in [7, 11) is 0. The number of hydrogen-bond donors (Lipinski definition) is 1. The molecule has 0 aliphatic carbocycles. The average molecular weight is 400 g/mol. The number of nitro groups is 1. The molecule has 0 saturated heterocycles. The first-order chi connectivity index (χ1) is 10.9. The number of non-ortho nitro benzene ring substituents is 1. The van der Waals surface area contributed by atoms with Crippen LogP contribution in [0.3, 0.4) is 0 Å². The molecule has 2 aromatic carbocycles. The predicted molar refractivity (Wildman–Crippen MR) is 91.0 cm³/mol. The van der Waals surface area contributed by atoms with E-state index in [4.69, 9.17) is 16.3 Å². The summed E-state index contributed by atoms with van der Waals surface area (Å²) in [6.07, 6.45) is -0.761. The zero-order valence-corrected chi connectivity index (χ0v) is 14.3. The Hall–Kier alpha value is -2.12. The molecule has 1 N–H and O–H groups in total. The number of carbonyl (C=O) groups excluding carboxylic acids is 1. The van der Waals surface area contributed by atoms with Crippen molar-refractivity contribution in [1.82, 2.24) is 0 Å². The lowest BCUT2D eigenvalue weighted by Crippen LogP contribution is -2.30. The maximum Gasteiger partial charge on any atom is 0.269 e. The summed E-state index contributed by atoms with van der Waals surface area (Å²) in [5.74, 6) is 0.112. The molecule has 0 aliphatic rings. The topological polar surface area (TPSA) is 81.5 Å². The first kappa shape index (κ1) is 17.2. The zero-order valence-electron chi connectivity index (χ0n) is 12.0. The van der Waals surface area contributed by atoms with E-state index in [1.165, 1.54) is 24.3 Å². The van der Waals surface area contributed by atoms with E-state index in [1.807, 2.05) is 0 Å². The summed E-state index contributed by atoms with van der Waals surface area (Å²) < 4.78 is 6.21. The molecule has 0 bridgehead atoms. The second-order valence-corrected chi connectivity index (χ2v) is 5.92. The SMILES string of the molecule is CC(Oc1ccc(Cl)cc1Br)C(=O)Nc1ccc([N+](=O)[O-])cc1. The fraction of sp³-hybridized carbons (Fsp3) is 0.133. The minimum atomic E-state index is -0.761. The summed E-state index contributed by atoms with van der Waals surface area (Å²) in [4.78, 5) is 22.2. The van der Waals surface area contributed by atoms with Crippen LogP contribution in [0, 0.1) is 10.1 Å². The number of anilines is 1. The van der Waals surface area contributed by atoms with Gasteiger partial charge in [-0.25, -0.2) is 0 Å². The van der Waals surface area contributed by atoms with E-state index in [2.05, 4.69) is 21.2 Å². The van der Waals surface area contributed by atoms with Crippen LogP contribution in [0.15, 0.2) is 46.9 Å². The Labute approximate surface area is 145 Å². The van der Waals surface area contributed by atoms with Gasteiger partial charge < -0.3 is 10.1 Å². The Morgan fingerprint density at radius 3 is 2.52 bits per heavy atom. The number of nitrogens with one attached hydrogen (secondary N) is 1. The Morgan fingerprint density at radius 1 is 1.30 bits per heavy atom. The number of amides is 1. The van der Waals surface area contributed by atoms with Gasteiger partial charge in [-0.1, -0.05) is 11.6 Å². The number of hydrogen-bond acceptors (Lipinski definition) is 4. The van der Waals surface area contributed by atoms with Crippen LogP contribution >= 0.6 is 27.5 Å². The largest absolute Gasteiger partial charge is 0.480 e. The Balaban J connectivity index is 2.00. The second kappa shape index (κ2) is 7.43. The van der Waals surface area contributed by atoms with Gasteiger partial charge in [-0.3, -0.25) is 14.9 Å². The summed E-state index contributed by atoms with van der Waals surface area (Å²) >= 11 is 9.15. The summed E-state index contributed by atoms with van der Waals surface area (Å²) in [5.41, 5.74) is 0.406. The molecule has 0 fully saturated rings. The van der Waals surface area contributed by atoms with Gasteiger partial charge >= 0.3 is 0 Å². The molecular formula is C15H12BrClN2O4. The molecule has 0 radical (unpaired) electrons. The molecule has 6 nitrogen and oxygen atoms in total. The van der Waals surface area contributed by atoms with Gasteiger partial charge in [-0.15, -0.1) is 0 Å². The highest BCUT2D eigenvalue weighted by Crippen LogP contribution is 2.29. The molecule has 0 aliphatic heterocycles. The van der Waals surface area contributed by atoms with Gasteiger partial charge in [0, 0.05) is 22.8 Å². The quantitative estimate of drug-likeness (QED) is 0.596. The molecule has 0 aromatic heterocycles. The molecule has 2 aromatic rings. The van der Waals surface area contributed by atoms with Crippen molar-refractivity contribution < 1.29 is 14.5 Å². The molecule has 1 unspecified atom stereocenters. The fourth-order valence-electron chi connectivity index (χ4n) is 1.73. The van der Waals surface area contributed by atoms with Crippen molar-refractivity contribution in [2.75, 3.05) is 5.32 Å². The van der Waals surface area contributed by atoms with Crippen LogP contribution in [0.25, 0.3) is 0 Å². The van der Waals surface area contributed by atoms with Crippen LogP contribution in [-0.2, 0) is 4.79 Å². The van der Waals surface area contributed by atoms with Crippen molar-refractivity contribution >= 4 is 44.8 Å². The number of carbonyl (C=O) groups is 1. The van der Waals surface area contributed by atoms with Gasteiger partial charge in [0.1, 0.15) is 5.75 Å². The minimum absolute atomic E-state index is 0.0441. The maximum atomic E-state index is 12.1. The van der Waals surface area contributed by atoms with Gasteiger partial charge in [-0.2, -0.15) is 0 Å². The van der Waals surface area contributed by atoms with Crippen LogP contribution in [0.2, 0.25) is 5.02 Å². The lowest BCUT2D eigenvalue weighted by molar-refractivity contribution is -0.384. The second-order valence-electron chi connectivity index (χ2n) is 4.63.